The summed E-state index contributed by atoms with van der Waals surface area (Å²) in [6, 6.07) is 0. The molecule has 0 bridgehead atoms. The third kappa shape index (κ3) is 5.64. The summed E-state index contributed by atoms with van der Waals surface area (Å²) in [7, 11) is -0.986. The molecular weight excluding hydrogens is 312 g/mol. The zero-order valence-corrected chi connectivity index (χ0v) is 15.4. The number of rotatable bonds is 6. The summed E-state index contributed by atoms with van der Waals surface area (Å²) in [5.74, 6) is 1.44. The highest BCUT2D eigenvalue weighted by Gasteiger charge is 2.31. The molecule has 2 fully saturated rings. The molecule has 1 saturated heterocycles. The molecule has 0 atom stereocenters. The van der Waals surface area contributed by atoms with E-state index in [0.29, 0.717) is 30.0 Å². The highest BCUT2D eigenvalue weighted by atomic mass is 32.2. The van der Waals surface area contributed by atoms with Gasteiger partial charge < -0.3 is 10.6 Å². The number of guanidine groups is 1. The monoisotopic (exact) mass is 344 g/mol. The first-order valence-corrected chi connectivity index (χ1v) is 10.7. The Hall–Kier alpha value is -0.820. The summed E-state index contributed by atoms with van der Waals surface area (Å²) >= 11 is 0. The van der Waals surface area contributed by atoms with Crippen molar-refractivity contribution in [1.29, 1.82) is 0 Å². The maximum Gasteiger partial charge on any atom is 0.191 e. The summed E-state index contributed by atoms with van der Waals surface area (Å²) in [6.07, 6.45) is 6.55. The molecule has 0 amide bonds. The van der Waals surface area contributed by atoms with Crippen molar-refractivity contribution in [3.8, 4) is 0 Å². The Bertz CT molecular complexity index is 484. The minimum Gasteiger partial charge on any atom is -0.356 e. The van der Waals surface area contributed by atoms with E-state index in [4.69, 9.17) is 0 Å². The molecule has 2 N–H and O–H groups in total. The number of sulfone groups is 1. The van der Waals surface area contributed by atoms with Crippen LogP contribution in [0.1, 0.15) is 39.0 Å². The number of nitrogens with zero attached hydrogens (tertiary/aromatic N) is 2. The van der Waals surface area contributed by atoms with Crippen LogP contribution in [0.3, 0.4) is 0 Å². The lowest BCUT2D eigenvalue weighted by Crippen LogP contribution is -2.47. The lowest BCUT2D eigenvalue weighted by atomic mass is 9.83. The predicted octanol–water partition coefficient (Wildman–Crippen LogP) is 0.852. The Kier molecular flexibility index (Phi) is 6.71. The quantitative estimate of drug-likeness (QED) is 0.552. The van der Waals surface area contributed by atoms with Crippen LogP contribution in [0.25, 0.3) is 0 Å². The minimum atomic E-state index is -2.79. The third-order valence-corrected chi connectivity index (χ3v) is 7.04. The summed E-state index contributed by atoms with van der Waals surface area (Å²) in [5.41, 5.74) is 0.443. The Morgan fingerprint density at radius 3 is 2.39 bits per heavy atom. The molecule has 0 radical (unpaired) electrons. The molecule has 0 aromatic heterocycles. The summed E-state index contributed by atoms with van der Waals surface area (Å²) in [6.45, 7) is 6.22. The maximum atomic E-state index is 11.4. The van der Waals surface area contributed by atoms with Gasteiger partial charge in [-0.1, -0.05) is 19.8 Å². The zero-order chi connectivity index (χ0) is 16.8. The minimum absolute atomic E-state index is 0.291. The van der Waals surface area contributed by atoms with E-state index >= 15 is 0 Å². The third-order valence-electron chi connectivity index (χ3n) is 5.43. The van der Waals surface area contributed by atoms with Crippen molar-refractivity contribution in [1.82, 2.24) is 15.5 Å². The molecule has 1 heterocycles. The number of hydrogen-bond donors (Lipinski definition) is 2. The van der Waals surface area contributed by atoms with Gasteiger partial charge >= 0.3 is 0 Å². The van der Waals surface area contributed by atoms with Crippen molar-refractivity contribution < 1.29 is 8.42 Å². The smallest absolute Gasteiger partial charge is 0.191 e. The number of hydrogen-bond acceptors (Lipinski definition) is 4. The summed E-state index contributed by atoms with van der Waals surface area (Å²) in [4.78, 5) is 6.50. The van der Waals surface area contributed by atoms with E-state index in [1.165, 1.54) is 32.1 Å². The van der Waals surface area contributed by atoms with Gasteiger partial charge in [-0.3, -0.25) is 9.89 Å². The van der Waals surface area contributed by atoms with E-state index in [0.717, 1.165) is 25.6 Å². The van der Waals surface area contributed by atoms with Crippen LogP contribution >= 0.6 is 0 Å². The second-order valence-electron chi connectivity index (χ2n) is 6.91. The van der Waals surface area contributed by atoms with Crippen molar-refractivity contribution in [3.05, 3.63) is 0 Å². The summed E-state index contributed by atoms with van der Waals surface area (Å²) < 4.78 is 22.8. The molecular formula is C16H32N4O2S. The molecule has 0 aromatic rings. The average molecular weight is 345 g/mol. The fraction of sp³-hybridized carbons (Fsp3) is 0.938. The van der Waals surface area contributed by atoms with E-state index in [-0.39, 0.29) is 0 Å². The van der Waals surface area contributed by atoms with Gasteiger partial charge in [0.05, 0.1) is 11.5 Å². The van der Waals surface area contributed by atoms with Crippen molar-refractivity contribution in [3.63, 3.8) is 0 Å². The second kappa shape index (κ2) is 8.33. The van der Waals surface area contributed by atoms with Gasteiger partial charge in [-0.25, -0.2) is 8.42 Å². The normalized spacial score (nSPS) is 24.5. The van der Waals surface area contributed by atoms with Gasteiger partial charge in [0.25, 0.3) is 0 Å². The number of aliphatic imine (C=N–C) groups is 1. The lowest BCUT2D eigenvalue weighted by Gasteiger charge is -2.29. The SMILES string of the molecule is CCC1(CNC(=NC)NCCN2CCS(=O)(=O)CC2)CCCC1. The zero-order valence-electron chi connectivity index (χ0n) is 14.6. The van der Waals surface area contributed by atoms with Crippen LogP contribution in [0.5, 0.6) is 0 Å². The van der Waals surface area contributed by atoms with Crippen molar-refractivity contribution >= 4 is 15.8 Å². The van der Waals surface area contributed by atoms with Gasteiger partial charge in [0.15, 0.2) is 15.8 Å². The first-order chi connectivity index (χ1) is 11.0. The van der Waals surface area contributed by atoms with Crippen molar-refractivity contribution in [2.75, 3.05) is 51.3 Å². The molecule has 7 heteroatoms. The van der Waals surface area contributed by atoms with Crippen LogP contribution in [0.2, 0.25) is 0 Å². The molecule has 1 saturated carbocycles. The number of nitrogens with one attached hydrogen (secondary N) is 2. The molecule has 0 aromatic carbocycles. The van der Waals surface area contributed by atoms with Crippen molar-refractivity contribution in [2.45, 2.75) is 39.0 Å². The lowest BCUT2D eigenvalue weighted by molar-refractivity contribution is 0.282. The Balaban J connectivity index is 1.67. The molecule has 2 rings (SSSR count). The van der Waals surface area contributed by atoms with Gasteiger partial charge in [0, 0.05) is 39.8 Å². The van der Waals surface area contributed by atoms with E-state index in [2.05, 4.69) is 27.4 Å². The molecule has 1 aliphatic carbocycles. The largest absolute Gasteiger partial charge is 0.356 e. The van der Waals surface area contributed by atoms with Gasteiger partial charge in [0.2, 0.25) is 0 Å². The molecule has 6 nitrogen and oxygen atoms in total. The predicted molar refractivity (Wildman–Crippen MR) is 95.7 cm³/mol. The molecule has 0 spiro atoms. The van der Waals surface area contributed by atoms with E-state index in [1.807, 2.05) is 0 Å². The Morgan fingerprint density at radius 1 is 1.17 bits per heavy atom. The Labute approximate surface area is 141 Å². The van der Waals surface area contributed by atoms with E-state index in [9.17, 15) is 8.42 Å². The van der Waals surface area contributed by atoms with Gasteiger partial charge in [0.1, 0.15) is 0 Å². The molecule has 0 unspecified atom stereocenters. The first-order valence-electron chi connectivity index (χ1n) is 8.86. The average Bonchev–Trinajstić information content (AvgIpc) is 3.01. The highest BCUT2D eigenvalue weighted by Crippen LogP contribution is 2.40. The van der Waals surface area contributed by atoms with E-state index < -0.39 is 9.84 Å². The van der Waals surface area contributed by atoms with Crippen LogP contribution in [-0.2, 0) is 9.84 Å². The van der Waals surface area contributed by atoms with Gasteiger partial charge in [-0.2, -0.15) is 0 Å². The fourth-order valence-electron chi connectivity index (χ4n) is 3.58. The van der Waals surface area contributed by atoms with Crippen molar-refractivity contribution in [2.24, 2.45) is 10.4 Å². The topological polar surface area (TPSA) is 73.8 Å². The van der Waals surface area contributed by atoms with Crippen LogP contribution in [-0.4, -0.2) is 70.6 Å². The van der Waals surface area contributed by atoms with Crippen LogP contribution in [0, 0.1) is 5.41 Å². The van der Waals surface area contributed by atoms with E-state index in [1.54, 1.807) is 7.05 Å². The molecule has 1 aliphatic heterocycles. The first kappa shape index (κ1) is 18.5. The molecule has 2 aliphatic rings. The Morgan fingerprint density at radius 2 is 1.83 bits per heavy atom. The van der Waals surface area contributed by atoms with Gasteiger partial charge in [-0.05, 0) is 24.7 Å². The maximum absolute atomic E-state index is 11.4. The highest BCUT2D eigenvalue weighted by molar-refractivity contribution is 7.91. The fourth-order valence-corrected chi connectivity index (χ4v) is 4.86. The second-order valence-corrected chi connectivity index (χ2v) is 9.21. The standard InChI is InChI=1S/C16H32N4O2S/c1-3-16(6-4-5-7-16)14-19-15(17-2)18-8-9-20-10-12-23(21,22)13-11-20/h3-14H2,1-2H3,(H2,17,18,19). The van der Waals surface area contributed by atoms with Crippen LogP contribution < -0.4 is 10.6 Å². The molecule has 23 heavy (non-hydrogen) atoms. The van der Waals surface area contributed by atoms with Crippen LogP contribution in [0.15, 0.2) is 4.99 Å². The van der Waals surface area contributed by atoms with Gasteiger partial charge in [-0.15, -0.1) is 0 Å². The summed E-state index contributed by atoms with van der Waals surface area (Å²) in [5, 5.41) is 6.83. The molecule has 134 valence electrons. The van der Waals surface area contributed by atoms with Crippen LogP contribution in [0.4, 0.5) is 0 Å².